The van der Waals surface area contributed by atoms with Crippen molar-refractivity contribution in [1.29, 1.82) is 0 Å². The van der Waals surface area contributed by atoms with E-state index in [2.05, 4.69) is 5.32 Å². The summed E-state index contributed by atoms with van der Waals surface area (Å²) in [5.41, 5.74) is 10.9. The Bertz CT molecular complexity index is 353. The number of hydrogen-bond donors (Lipinski definition) is 4. The van der Waals surface area contributed by atoms with Crippen LogP contribution in [-0.4, -0.2) is 74.5 Å². The molecule has 25 heavy (non-hydrogen) atoms. The molecule has 1 aliphatic rings. The molecule has 1 amide bonds. The Kier molecular flexibility index (Phi) is 15.1. The maximum Gasteiger partial charge on any atom is 0.252 e. The molecule has 152 valence electrons. The van der Waals surface area contributed by atoms with Crippen molar-refractivity contribution in [3.63, 3.8) is 0 Å². The third-order valence-electron chi connectivity index (χ3n) is 3.68. The number of hydrogen-bond acceptors (Lipinski definition) is 6. The minimum absolute atomic E-state index is 0.0809. The molecule has 0 aromatic carbocycles. The molecule has 0 aliphatic heterocycles. The van der Waals surface area contributed by atoms with Gasteiger partial charge in [0.2, 0.25) is 0 Å². The van der Waals surface area contributed by atoms with Crippen molar-refractivity contribution < 1.29 is 28.2 Å². The molecule has 1 saturated carbocycles. The molecule has 6 N–H and O–H groups in total. The van der Waals surface area contributed by atoms with Gasteiger partial charge >= 0.3 is 0 Å². The molecule has 7 nitrogen and oxygen atoms in total. The number of nitrogens with two attached hydrogens (primary N) is 2. The van der Waals surface area contributed by atoms with Crippen molar-refractivity contribution in [2.45, 2.75) is 76.9 Å². The van der Waals surface area contributed by atoms with E-state index in [0.29, 0.717) is 0 Å². The molecule has 9 heteroatoms. The number of methoxy groups -OCH3 is 2. The van der Waals surface area contributed by atoms with Crippen LogP contribution < -0.4 is 16.8 Å². The average molecular weight is 371 g/mol. The summed E-state index contributed by atoms with van der Waals surface area (Å²) >= 11 is 0. The highest BCUT2D eigenvalue weighted by atomic mass is 19.1. The number of rotatable bonds is 6. The predicted octanol–water partition coefficient (Wildman–Crippen LogP) is 0.280. The summed E-state index contributed by atoms with van der Waals surface area (Å²) in [7, 11) is 2.70. The van der Waals surface area contributed by atoms with Gasteiger partial charge in [-0.05, 0) is 6.42 Å². The minimum Gasteiger partial charge on any atom is -0.380 e. The second-order valence-corrected chi connectivity index (χ2v) is 5.06. The first-order valence-electron chi connectivity index (χ1n) is 8.65. The minimum atomic E-state index is -1.94. The Labute approximate surface area is 149 Å². The number of nitrogens with one attached hydrogen (secondary N) is 1. The van der Waals surface area contributed by atoms with Crippen molar-refractivity contribution >= 4 is 5.91 Å². The molecule has 7 atom stereocenters. The van der Waals surface area contributed by atoms with Gasteiger partial charge in [-0.2, -0.15) is 0 Å². The molecule has 0 bridgehead atoms. The number of halogens is 2. The lowest BCUT2D eigenvalue weighted by Gasteiger charge is -2.41. The second-order valence-electron chi connectivity index (χ2n) is 5.06. The second kappa shape index (κ2) is 14.3. The van der Waals surface area contributed by atoms with Crippen molar-refractivity contribution in [1.82, 2.24) is 5.32 Å². The van der Waals surface area contributed by atoms with E-state index in [1.54, 1.807) is 0 Å². The third-order valence-corrected chi connectivity index (χ3v) is 3.68. The quantitative estimate of drug-likeness (QED) is 0.532. The van der Waals surface area contributed by atoms with Gasteiger partial charge in [0, 0.05) is 26.8 Å². The number of carbonyl (C=O) groups is 1. The van der Waals surface area contributed by atoms with Gasteiger partial charge in [0.1, 0.15) is 24.6 Å². The lowest BCUT2D eigenvalue weighted by atomic mass is 9.84. The fraction of sp³-hybridized carbons (Fsp3) is 0.938. The van der Waals surface area contributed by atoms with Crippen LogP contribution in [0.2, 0.25) is 0 Å². The molecule has 0 saturated heterocycles. The fourth-order valence-electron chi connectivity index (χ4n) is 2.48. The van der Waals surface area contributed by atoms with Crippen LogP contribution in [0.15, 0.2) is 0 Å². The lowest BCUT2D eigenvalue weighted by molar-refractivity contribution is -0.139. The van der Waals surface area contributed by atoms with Crippen LogP contribution >= 0.6 is 0 Å². The van der Waals surface area contributed by atoms with E-state index in [1.165, 1.54) is 14.2 Å². The van der Waals surface area contributed by atoms with E-state index in [4.69, 9.17) is 20.9 Å². The third kappa shape index (κ3) is 7.49. The number of aliphatic hydroxyl groups excluding tert-OH is 1. The number of carbonyl (C=O) groups excluding carboxylic acids is 1. The zero-order valence-corrected chi connectivity index (χ0v) is 16.0. The van der Waals surface area contributed by atoms with Crippen molar-refractivity contribution in [3.8, 4) is 0 Å². The Morgan fingerprint density at radius 3 is 2.12 bits per heavy atom. The SMILES string of the molecule is CC.CC.CO[C@H]1[C@H](OC)C(F)[C@H](NC(=O)C(O)C(F)CN)C[C@@H]1N. The molecule has 0 spiro atoms. The number of alkyl halides is 2. The van der Waals surface area contributed by atoms with E-state index in [9.17, 15) is 18.7 Å². The molecule has 0 radical (unpaired) electrons. The van der Waals surface area contributed by atoms with Crippen LogP contribution in [0, 0.1) is 0 Å². The van der Waals surface area contributed by atoms with Gasteiger partial charge in [0.15, 0.2) is 6.10 Å². The summed E-state index contributed by atoms with van der Waals surface area (Å²) in [5.74, 6) is -1.03. The summed E-state index contributed by atoms with van der Waals surface area (Å²) in [6.07, 6.45) is -6.98. The van der Waals surface area contributed by atoms with Crippen LogP contribution in [-0.2, 0) is 14.3 Å². The van der Waals surface area contributed by atoms with E-state index >= 15 is 0 Å². The topological polar surface area (TPSA) is 120 Å². The first-order valence-corrected chi connectivity index (χ1v) is 8.65. The molecular formula is C16H35F2N3O4. The van der Waals surface area contributed by atoms with E-state index in [1.807, 2.05) is 27.7 Å². The molecule has 3 unspecified atom stereocenters. The summed E-state index contributed by atoms with van der Waals surface area (Å²) in [5, 5.41) is 11.7. The smallest absolute Gasteiger partial charge is 0.252 e. The summed E-state index contributed by atoms with van der Waals surface area (Å²) < 4.78 is 37.7. The highest BCUT2D eigenvalue weighted by Gasteiger charge is 2.45. The Balaban J connectivity index is 0. The van der Waals surface area contributed by atoms with Gasteiger partial charge in [-0.15, -0.1) is 0 Å². The predicted molar refractivity (Wildman–Crippen MR) is 93.7 cm³/mol. The number of amides is 1. The van der Waals surface area contributed by atoms with Crippen molar-refractivity contribution in [3.05, 3.63) is 0 Å². The average Bonchev–Trinajstić information content (AvgIpc) is 2.65. The highest BCUT2D eigenvalue weighted by Crippen LogP contribution is 2.26. The van der Waals surface area contributed by atoms with Crippen LogP contribution in [0.5, 0.6) is 0 Å². The molecule has 1 aliphatic carbocycles. The Morgan fingerprint density at radius 2 is 1.72 bits per heavy atom. The fourth-order valence-corrected chi connectivity index (χ4v) is 2.48. The maximum atomic E-state index is 14.4. The maximum absolute atomic E-state index is 14.4. The zero-order valence-electron chi connectivity index (χ0n) is 16.0. The zero-order chi connectivity index (χ0) is 20.2. The monoisotopic (exact) mass is 371 g/mol. The van der Waals surface area contributed by atoms with Gasteiger partial charge in [-0.3, -0.25) is 4.79 Å². The van der Waals surface area contributed by atoms with Crippen LogP contribution in [0.25, 0.3) is 0 Å². The van der Waals surface area contributed by atoms with Gasteiger partial charge in [-0.1, -0.05) is 27.7 Å². The van der Waals surface area contributed by atoms with Crippen LogP contribution in [0.4, 0.5) is 8.78 Å². The van der Waals surface area contributed by atoms with Gasteiger partial charge < -0.3 is 31.4 Å². The first-order chi connectivity index (χ1) is 11.9. The van der Waals surface area contributed by atoms with Gasteiger partial charge in [-0.25, -0.2) is 8.78 Å². The Hall–Kier alpha value is -0.870. The Morgan fingerprint density at radius 1 is 1.24 bits per heavy atom. The number of ether oxygens (including phenoxy) is 2. The molecule has 1 fully saturated rings. The summed E-state index contributed by atoms with van der Waals surface area (Å²) in [6.45, 7) is 7.49. The molecule has 0 aromatic heterocycles. The first kappa shape index (κ1) is 26.4. The standard InChI is InChI=1S/C12H23F2N3O4.2C2H6/c1-20-10-6(16)3-7(8(14)11(10)21-2)17-12(19)9(18)5(13)4-15;2*1-2/h5-11,18H,3-4,15-16H2,1-2H3,(H,17,19);2*1-2H3/t5?,6-,7+,8?,9?,10+,11+;;/m0../s1. The molecule has 1 rings (SSSR count). The van der Waals surface area contributed by atoms with E-state index in [0.717, 1.165) is 0 Å². The molecule has 0 heterocycles. The number of aliphatic hydroxyl groups is 1. The summed E-state index contributed by atoms with van der Waals surface area (Å²) in [4.78, 5) is 11.7. The van der Waals surface area contributed by atoms with Crippen molar-refractivity contribution in [2.24, 2.45) is 11.5 Å². The molecular weight excluding hydrogens is 336 g/mol. The van der Waals surface area contributed by atoms with Crippen LogP contribution in [0.1, 0.15) is 34.1 Å². The van der Waals surface area contributed by atoms with Crippen molar-refractivity contribution in [2.75, 3.05) is 20.8 Å². The lowest BCUT2D eigenvalue weighted by Crippen LogP contribution is -2.63. The van der Waals surface area contributed by atoms with Crippen LogP contribution in [0.3, 0.4) is 0 Å². The summed E-state index contributed by atoms with van der Waals surface area (Å²) in [6, 6.07) is -1.56. The van der Waals surface area contributed by atoms with Gasteiger partial charge in [0.25, 0.3) is 5.91 Å². The highest BCUT2D eigenvalue weighted by molar-refractivity contribution is 5.81. The van der Waals surface area contributed by atoms with E-state index < -0.39 is 55.2 Å². The normalized spacial score (nSPS) is 30.8. The largest absolute Gasteiger partial charge is 0.380 e. The van der Waals surface area contributed by atoms with Gasteiger partial charge in [0.05, 0.1) is 6.04 Å². The molecule has 0 aromatic rings. The van der Waals surface area contributed by atoms with E-state index in [-0.39, 0.29) is 6.42 Å².